The van der Waals surface area contributed by atoms with E-state index in [4.69, 9.17) is 0 Å². The van der Waals surface area contributed by atoms with Crippen LogP contribution in [-0.2, 0) is 6.42 Å². The Balaban J connectivity index is 2.05. The molecule has 2 rings (SSSR count). The lowest BCUT2D eigenvalue weighted by Crippen LogP contribution is -2.51. The van der Waals surface area contributed by atoms with E-state index in [2.05, 4.69) is 5.32 Å². The van der Waals surface area contributed by atoms with E-state index in [9.17, 15) is 9.50 Å². The van der Waals surface area contributed by atoms with Crippen molar-refractivity contribution in [3.63, 3.8) is 0 Å². The molecule has 0 amide bonds. The Labute approximate surface area is 108 Å². The molecule has 0 spiro atoms. The topological polar surface area (TPSA) is 32.3 Å². The van der Waals surface area contributed by atoms with Gasteiger partial charge in [-0.1, -0.05) is 31.0 Å². The zero-order chi connectivity index (χ0) is 13.0. The lowest BCUT2D eigenvalue weighted by atomic mass is 9.92. The van der Waals surface area contributed by atoms with Gasteiger partial charge in [-0.3, -0.25) is 0 Å². The van der Waals surface area contributed by atoms with Crippen molar-refractivity contribution in [3.05, 3.63) is 35.6 Å². The van der Waals surface area contributed by atoms with Gasteiger partial charge in [-0.05, 0) is 37.8 Å². The third-order valence-electron chi connectivity index (χ3n) is 3.80. The van der Waals surface area contributed by atoms with Crippen molar-refractivity contribution in [1.29, 1.82) is 0 Å². The molecule has 1 unspecified atom stereocenters. The Morgan fingerprint density at radius 1 is 1.33 bits per heavy atom. The smallest absolute Gasteiger partial charge is 0.126 e. The highest BCUT2D eigenvalue weighted by molar-refractivity contribution is 5.20. The van der Waals surface area contributed by atoms with Crippen molar-refractivity contribution in [2.45, 2.75) is 50.6 Å². The Hall–Kier alpha value is -0.930. The highest BCUT2D eigenvalue weighted by Crippen LogP contribution is 2.23. The van der Waals surface area contributed by atoms with Crippen LogP contribution in [0.4, 0.5) is 4.39 Å². The largest absolute Gasteiger partial charge is 0.394 e. The molecule has 3 heteroatoms. The van der Waals surface area contributed by atoms with Gasteiger partial charge in [-0.25, -0.2) is 4.39 Å². The number of rotatable bonds is 5. The van der Waals surface area contributed by atoms with E-state index in [1.165, 1.54) is 18.9 Å². The molecule has 1 saturated carbocycles. The summed E-state index contributed by atoms with van der Waals surface area (Å²) in [5.41, 5.74) is 0.233. The molecule has 1 aromatic rings. The molecule has 100 valence electrons. The summed E-state index contributed by atoms with van der Waals surface area (Å²) in [5, 5.41) is 13.1. The fraction of sp³-hybridized carbons (Fsp3) is 0.600. The third-order valence-corrected chi connectivity index (χ3v) is 3.80. The number of aliphatic hydroxyl groups is 1. The Bertz CT molecular complexity index is 390. The van der Waals surface area contributed by atoms with Crippen molar-refractivity contribution in [2.75, 3.05) is 6.61 Å². The van der Waals surface area contributed by atoms with Crippen LogP contribution in [0.15, 0.2) is 24.3 Å². The molecule has 1 aliphatic rings. The number of halogens is 1. The standard InChI is InChI=1S/C15H22FNO/c1-15(11-18,17-13-7-3-4-8-13)10-12-6-2-5-9-14(12)16/h2,5-6,9,13,17-18H,3-4,7-8,10-11H2,1H3. The van der Waals surface area contributed by atoms with Crippen molar-refractivity contribution < 1.29 is 9.50 Å². The van der Waals surface area contributed by atoms with Crippen LogP contribution >= 0.6 is 0 Å². The van der Waals surface area contributed by atoms with E-state index in [0.29, 0.717) is 18.0 Å². The molecule has 1 fully saturated rings. The normalized spacial score (nSPS) is 19.9. The number of aliphatic hydroxyl groups excluding tert-OH is 1. The minimum Gasteiger partial charge on any atom is -0.394 e. The molecule has 18 heavy (non-hydrogen) atoms. The van der Waals surface area contributed by atoms with Gasteiger partial charge in [0.15, 0.2) is 0 Å². The second kappa shape index (κ2) is 5.81. The average molecular weight is 251 g/mol. The van der Waals surface area contributed by atoms with E-state index in [1.54, 1.807) is 12.1 Å². The van der Waals surface area contributed by atoms with Crippen LogP contribution in [0.5, 0.6) is 0 Å². The molecule has 2 N–H and O–H groups in total. The van der Waals surface area contributed by atoms with E-state index in [0.717, 1.165) is 12.8 Å². The predicted octanol–water partition coefficient (Wildman–Crippen LogP) is 2.65. The Morgan fingerprint density at radius 2 is 2.00 bits per heavy atom. The minimum absolute atomic E-state index is 0.0256. The van der Waals surface area contributed by atoms with Crippen LogP contribution < -0.4 is 5.32 Å². The van der Waals surface area contributed by atoms with Gasteiger partial charge in [0.05, 0.1) is 6.61 Å². The molecular formula is C15H22FNO. The maximum Gasteiger partial charge on any atom is 0.126 e. The van der Waals surface area contributed by atoms with Gasteiger partial charge in [-0.15, -0.1) is 0 Å². The zero-order valence-corrected chi connectivity index (χ0v) is 11.0. The molecule has 0 radical (unpaired) electrons. The van der Waals surface area contributed by atoms with Crippen LogP contribution in [-0.4, -0.2) is 23.3 Å². The van der Waals surface area contributed by atoms with Crippen LogP contribution in [0.2, 0.25) is 0 Å². The fourth-order valence-corrected chi connectivity index (χ4v) is 2.78. The number of hydrogen-bond donors (Lipinski definition) is 2. The first-order valence-corrected chi connectivity index (χ1v) is 6.75. The molecule has 1 aromatic carbocycles. The first-order valence-electron chi connectivity index (χ1n) is 6.75. The summed E-state index contributed by atoms with van der Waals surface area (Å²) < 4.78 is 13.7. The van der Waals surface area contributed by atoms with Crippen molar-refractivity contribution >= 4 is 0 Å². The summed E-state index contributed by atoms with van der Waals surface area (Å²) in [6, 6.07) is 7.27. The Morgan fingerprint density at radius 3 is 2.61 bits per heavy atom. The van der Waals surface area contributed by atoms with Crippen molar-refractivity contribution in [3.8, 4) is 0 Å². The fourth-order valence-electron chi connectivity index (χ4n) is 2.78. The second-order valence-corrected chi connectivity index (χ2v) is 5.61. The highest BCUT2D eigenvalue weighted by atomic mass is 19.1. The summed E-state index contributed by atoms with van der Waals surface area (Å²) in [5.74, 6) is -0.189. The van der Waals surface area contributed by atoms with E-state index in [1.807, 2.05) is 13.0 Å². The van der Waals surface area contributed by atoms with Crippen LogP contribution in [0, 0.1) is 5.82 Å². The van der Waals surface area contributed by atoms with E-state index >= 15 is 0 Å². The minimum atomic E-state index is -0.433. The van der Waals surface area contributed by atoms with Crippen LogP contribution in [0.25, 0.3) is 0 Å². The molecule has 2 nitrogen and oxygen atoms in total. The van der Waals surface area contributed by atoms with Crippen LogP contribution in [0.1, 0.15) is 38.2 Å². The van der Waals surface area contributed by atoms with Gasteiger partial charge in [0.25, 0.3) is 0 Å². The predicted molar refractivity (Wildman–Crippen MR) is 71.0 cm³/mol. The highest BCUT2D eigenvalue weighted by Gasteiger charge is 2.29. The van der Waals surface area contributed by atoms with Gasteiger partial charge in [-0.2, -0.15) is 0 Å². The SMILES string of the molecule is CC(CO)(Cc1ccccc1F)NC1CCCC1. The molecule has 1 aliphatic carbocycles. The third kappa shape index (κ3) is 3.30. The van der Waals surface area contributed by atoms with Gasteiger partial charge in [0, 0.05) is 11.6 Å². The number of benzene rings is 1. The first kappa shape index (κ1) is 13.5. The molecule has 0 aliphatic heterocycles. The summed E-state index contributed by atoms with van der Waals surface area (Å²) >= 11 is 0. The number of nitrogens with one attached hydrogen (secondary N) is 1. The summed E-state index contributed by atoms with van der Waals surface area (Å²) in [7, 11) is 0. The molecular weight excluding hydrogens is 229 g/mol. The Kier molecular flexibility index (Phi) is 4.36. The van der Waals surface area contributed by atoms with Crippen molar-refractivity contribution in [1.82, 2.24) is 5.32 Å². The van der Waals surface area contributed by atoms with E-state index < -0.39 is 5.54 Å². The molecule has 0 aromatic heterocycles. The summed E-state index contributed by atoms with van der Waals surface area (Å²) in [6.45, 7) is 2.00. The van der Waals surface area contributed by atoms with Gasteiger partial charge in [0.1, 0.15) is 5.82 Å². The maximum atomic E-state index is 13.7. The van der Waals surface area contributed by atoms with Crippen LogP contribution in [0.3, 0.4) is 0 Å². The number of hydrogen-bond acceptors (Lipinski definition) is 2. The second-order valence-electron chi connectivity index (χ2n) is 5.61. The average Bonchev–Trinajstić information content (AvgIpc) is 2.85. The molecule has 1 atom stereocenters. The molecule has 0 heterocycles. The first-order chi connectivity index (χ1) is 8.63. The van der Waals surface area contributed by atoms with Gasteiger partial charge >= 0.3 is 0 Å². The van der Waals surface area contributed by atoms with E-state index in [-0.39, 0.29) is 12.4 Å². The quantitative estimate of drug-likeness (QED) is 0.843. The van der Waals surface area contributed by atoms with Gasteiger partial charge < -0.3 is 10.4 Å². The zero-order valence-electron chi connectivity index (χ0n) is 11.0. The lowest BCUT2D eigenvalue weighted by Gasteiger charge is -2.32. The van der Waals surface area contributed by atoms with Crippen molar-refractivity contribution in [2.24, 2.45) is 0 Å². The lowest BCUT2D eigenvalue weighted by molar-refractivity contribution is 0.159. The van der Waals surface area contributed by atoms with Gasteiger partial charge in [0.2, 0.25) is 0 Å². The molecule has 0 saturated heterocycles. The maximum absolute atomic E-state index is 13.7. The monoisotopic (exact) mass is 251 g/mol. The summed E-state index contributed by atoms with van der Waals surface area (Å²) in [6.07, 6.45) is 5.34. The molecule has 0 bridgehead atoms. The summed E-state index contributed by atoms with van der Waals surface area (Å²) in [4.78, 5) is 0.